The number of non-ortho nitro benzene ring substituents is 1. The topological polar surface area (TPSA) is 108 Å². The molecule has 8 nitrogen and oxygen atoms in total. The Morgan fingerprint density at radius 1 is 1.23 bits per heavy atom. The van der Waals surface area contributed by atoms with Crippen LogP contribution in [0.5, 0.6) is 5.75 Å². The Labute approximate surface area is 186 Å². The lowest BCUT2D eigenvalue weighted by Gasteiger charge is -2.15. The Hall–Kier alpha value is -2.59. The summed E-state index contributed by atoms with van der Waals surface area (Å²) in [7, 11) is 1.38. The van der Waals surface area contributed by atoms with E-state index in [-0.39, 0.29) is 22.9 Å². The largest absolute Gasteiger partial charge is 0.495 e. The van der Waals surface area contributed by atoms with Crippen LogP contribution in [0, 0.1) is 24.0 Å². The van der Waals surface area contributed by atoms with Gasteiger partial charge in [-0.2, -0.15) is 0 Å². The lowest BCUT2D eigenvalue weighted by Crippen LogP contribution is -2.30. The van der Waals surface area contributed by atoms with Crippen LogP contribution in [-0.2, 0) is 14.3 Å². The highest BCUT2D eigenvalue weighted by Crippen LogP contribution is 2.30. The standard InChI is InChI=1S/C20H21BrN2O6S/c1-11-8-18(12(2)7-15(11)21)30-10-19(24)29-13(3)20(25)22-16-9-14(23(26)27)5-6-17(16)28-4/h5-9,13H,10H2,1-4H3,(H,22,25). The van der Waals surface area contributed by atoms with Gasteiger partial charge in [0.05, 0.1) is 23.5 Å². The molecule has 0 saturated carbocycles. The van der Waals surface area contributed by atoms with Crippen LogP contribution < -0.4 is 10.1 Å². The van der Waals surface area contributed by atoms with Gasteiger partial charge in [0.1, 0.15) is 5.75 Å². The highest BCUT2D eigenvalue weighted by molar-refractivity contribution is 9.10. The minimum absolute atomic E-state index is 0.0413. The smallest absolute Gasteiger partial charge is 0.317 e. The molecule has 1 unspecified atom stereocenters. The molecule has 0 aromatic heterocycles. The summed E-state index contributed by atoms with van der Waals surface area (Å²) < 4.78 is 11.3. The van der Waals surface area contributed by atoms with E-state index in [4.69, 9.17) is 9.47 Å². The van der Waals surface area contributed by atoms with Crippen molar-refractivity contribution in [1.29, 1.82) is 0 Å². The van der Waals surface area contributed by atoms with Gasteiger partial charge in [0, 0.05) is 21.5 Å². The average Bonchev–Trinajstić information content (AvgIpc) is 2.69. The third-order valence-corrected chi connectivity index (χ3v) is 6.12. The Balaban J connectivity index is 1.97. The van der Waals surface area contributed by atoms with Crippen LogP contribution in [-0.4, -0.2) is 35.8 Å². The second kappa shape index (κ2) is 10.4. The number of nitro groups is 1. The van der Waals surface area contributed by atoms with Crippen LogP contribution in [0.2, 0.25) is 0 Å². The van der Waals surface area contributed by atoms with Crippen LogP contribution in [0.4, 0.5) is 11.4 Å². The minimum atomic E-state index is -1.09. The number of hydrogen-bond donors (Lipinski definition) is 1. The first-order valence-corrected chi connectivity index (χ1v) is 10.6. The zero-order valence-electron chi connectivity index (χ0n) is 16.9. The molecule has 0 aliphatic heterocycles. The fourth-order valence-corrected chi connectivity index (χ4v) is 3.82. The van der Waals surface area contributed by atoms with E-state index in [0.29, 0.717) is 0 Å². The van der Waals surface area contributed by atoms with Gasteiger partial charge < -0.3 is 14.8 Å². The highest BCUT2D eigenvalue weighted by Gasteiger charge is 2.21. The number of nitro benzene ring substituents is 1. The van der Waals surface area contributed by atoms with E-state index in [0.717, 1.165) is 20.5 Å². The predicted octanol–water partition coefficient (Wildman–Crippen LogP) is 4.65. The van der Waals surface area contributed by atoms with Crippen LogP contribution in [0.1, 0.15) is 18.1 Å². The summed E-state index contributed by atoms with van der Waals surface area (Å²) in [6.45, 7) is 5.33. The lowest BCUT2D eigenvalue weighted by molar-refractivity contribution is -0.384. The van der Waals surface area contributed by atoms with Crippen molar-refractivity contribution in [3.8, 4) is 5.75 Å². The number of amides is 1. The summed E-state index contributed by atoms with van der Waals surface area (Å²) >= 11 is 4.79. The molecule has 0 aliphatic rings. The molecule has 160 valence electrons. The predicted molar refractivity (Wildman–Crippen MR) is 118 cm³/mol. The number of rotatable bonds is 8. The molecule has 0 heterocycles. The lowest BCUT2D eigenvalue weighted by atomic mass is 10.2. The van der Waals surface area contributed by atoms with Crippen molar-refractivity contribution in [2.75, 3.05) is 18.2 Å². The summed E-state index contributed by atoms with van der Waals surface area (Å²) in [6, 6.07) is 7.78. The number of anilines is 1. The number of ether oxygens (including phenoxy) is 2. The third-order valence-electron chi connectivity index (χ3n) is 4.13. The molecule has 0 radical (unpaired) electrons. The van der Waals surface area contributed by atoms with Crippen molar-refractivity contribution in [3.05, 3.63) is 56.0 Å². The number of carbonyl (C=O) groups excluding carboxylic acids is 2. The number of hydrogen-bond acceptors (Lipinski definition) is 7. The summed E-state index contributed by atoms with van der Waals surface area (Å²) in [5.74, 6) is -0.875. The molecule has 30 heavy (non-hydrogen) atoms. The first-order chi connectivity index (χ1) is 14.1. The number of carbonyl (C=O) groups is 2. The van der Waals surface area contributed by atoms with Crippen LogP contribution >= 0.6 is 27.7 Å². The number of benzene rings is 2. The summed E-state index contributed by atoms with van der Waals surface area (Å²) in [4.78, 5) is 35.9. The van der Waals surface area contributed by atoms with E-state index < -0.39 is 22.9 Å². The number of halogens is 1. The molecule has 1 atom stereocenters. The molecule has 0 bridgehead atoms. The van der Waals surface area contributed by atoms with Gasteiger partial charge in [-0.25, -0.2) is 0 Å². The molecule has 0 fully saturated rings. The second-order valence-corrected chi connectivity index (χ2v) is 8.29. The molecule has 0 aliphatic carbocycles. The maximum Gasteiger partial charge on any atom is 0.317 e. The fourth-order valence-electron chi connectivity index (χ4n) is 2.47. The maximum absolute atomic E-state index is 12.4. The Bertz CT molecular complexity index is 982. The molecule has 2 aromatic rings. The van der Waals surface area contributed by atoms with Crippen molar-refractivity contribution < 1.29 is 24.0 Å². The van der Waals surface area contributed by atoms with Crippen molar-refractivity contribution in [2.45, 2.75) is 31.8 Å². The molecule has 0 spiro atoms. The summed E-state index contributed by atoms with van der Waals surface area (Å²) in [6.07, 6.45) is -1.09. The second-order valence-electron chi connectivity index (χ2n) is 6.42. The molecule has 1 N–H and O–H groups in total. The van der Waals surface area contributed by atoms with Gasteiger partial charge in [-0.05, 0) is 50.1 Å². The first-order valence-electron chi connectivity index (χ1n) is 8.84. The monoisotopic (exact) mass is 496 g/mol. The Morgan fingerprint density at radius 2 is 1.93 bits per heavy atom. The van der Waals surface area contributed by atoms with E-state index >= 15 is 0 Å². The average molecular weight is 497 g/mol. The summed E-state index contributed by atoms with van der Waals surface area (Å²) in [5.41, 5.74) is 1.99. The quantitative estimate of drug-likeness (QED) is 0.245. The van der Waals surface area contributed by atoms with Gasteiger partial charge in [0.15, 0.2) is 6.10 Å². The Morgan fingerprint density at radius 3 is 2.57 bits per heavy atom. The fraction of sp³-hybridized carbons (Fsp3) is 0.300. The molecule has 2 aromatic carbocycles. The van der Waals surface area contributed by atoms with Gasteiger partial charge in [-0.1, -0.05) is 15.9 Å². The minimum Gasteiger partial charge on any atom is -0.495 e. The number of aryl methyl sites for hydroxylation is 2. The highest BCUT2D eigenvalue weighted by atomic mass is 79.9. The van der Waals surface area contributed by atoms with Gasteiger partial charge in [-0.3, -0.25) is 19.7 Å². The van der Waals surface area contributed by atoms with Gasteiger partial charge in [0.2, 0.25) is 0 Å². The summed E-state index contributed by atoms with van der Waals surface area (Å²) in [5, 5.41) is 13.4. The number of esters is 1. The van der Waals surface area contributed by atoms with Crippen molar-refractivity contribution in [2.24, 2.45) is 0 Å². The SMILES string of the molecule is COc1ccc([N+](=O)[O-])cc1NC(=O)C(C)OC(=O)CSc1cc(C)c(Br)cc1C. The van der Waals surface area contributed by atoms with Crippen LogP contribution in [0.15, 0.2) is 39.7 Å². The molecule has 1 amide bonds. The first kappa shape index (κ1) is 23.7. The molecule has 10 heteroatoms. The molecule has 2 rings (SSSR count). The van der Waals surface area contributed by atoms with Crippen LogP contribution in [0.25, 0.3) is 0 Å². The van der Waals surface area contributed by atoms with Gasteiger partial charge >= 0.3 is 5.97 Å². The van der Waals surface area contributed by atoms with E-state index in [1.165, 1.54) is 44.0 Å². The van der Waals surface area contributed by atoms with Crippen LogP contribution in [0.3, 0.4) is 0 Å². The molecular formula is C20H21BrN2O6S. The van der Waals surface area contributed by atoms with E-state index in [9.17, 15) is 19.7 Å². The van der Waals surface area contributed by atoms with E-state index in [1.54, 1.807) is 0 Å². The zero-order valence-corrected chi connectivity index (χ0v) is 19.3. The van der Waals surface area contributed by atoms with Crippen molar-refractivity contribution >= 4 is 50.9 Å². The maximum atomic E-state index is 12.4. The van der Waals surface area contributed by atoms with Gasteiger partial charge in [-0.15, -0.1) is 11.8 Å². The third kappa shape index (κ3) is 6.20. The number of nitrogens with one attached hydrogen (secondary N) is 1. The molecule has 0 saturated heterocycles. The van der Waals surface area contributed by atoms with E-state index in [1.807, 2.05) is 26.0 Å². The van der Waals surface area contributed by atoms with E-state index in [2.05, 4.69) is 21.2 Å². The number of nitrogens with zero attached hydrogens (tertiary/aromatic N) is 1. The number of methoxy groups -OCH3 is 1. The Kier molecular flexibility index (Phi) is 8.24. The van der Waals surface area contributed by atoms with Crippen molar-refractivity contribution in [1.82, 2.24) is 0 Å². The zero-order chi connectivity index (χ0) is 22.4. The van der Waals surface area contributed by atoms with Crippen molar-refractivity contribution in [3.63, 3.8) is 0 Å². The van der Waals surface area contributed by atoms with Gasteiger partial charge in [0.25, 0.3) is 11.6 Å². The molecular weight excluding hydrogens is 476 g/mol. The normalized spacial score (nSPS) is 11.5. The number of thioether (sulfide) groups is 1.